The van der Waals surface area contributed by atoms with Gasteiger partial charge in [-0.3, -0.25) is 14.5 Å². The maximum Gasteiger partial charge on any atom is 0.324 e. The van der Waals surface area contributed by atoms with E-state index in [1.165, 1.54) is 17.7 Å². The van der Waals surface area contributed by atoms with Gasteiger partial charge >= 0.3 is 6.03 Å². The number of urea groups is 1. The van der Waals surface area contributed by atoms with Crippen LogP contribution in [-0.4, -0.2) is 41.4 Å². The molecule has 1 heterocycles. The van der Waals surface area contributed by atoms with Gasteiger partial charge in [-0.25, -0.2) is 4.79 Å². The molecule has 1 aliphatic heterocycles. The Labute approximate surface area is 154 Å². The van der Waals surface area contributed by atoms with Gasteiger partial charge in [-0.05, 0) is 24.8 Å². The number of hydrogen-bond donors (Lipinski definition) is 2. The van der Waals surface area contributed by atoms with E-state index in [-0.39, 0.29) is 24.3 Å². The molecule has 6 heteroatoms. The van der Waals surface area contributed by atoms with E-state index in [9.17, 15) is 14.4 Å². The van der Waals surface area contributed by atoms with Crippen LogP contribution < -0.4 is 10.6 Å². The molecule has 2 aliphatic rings. The van der Waals surface area contributed by atoms with E-state index in [2.05, 4.69) is 10.6 Å². The summed E-state index contributed by atoms with van der Waals surface area (Å²) in [6.45, 7) is 0.329. The second-order valence-corrected chi connectivity index (χ2v) is 7.19. The fourth-order valence-corrected chi connectivity index (χ4v) is 3.71. The van der Waals surface area contributed by atoms with Crippen molar-refractivity contribution in [3.63, 3.8) is 0 Å². The summed E-state index contributed by atoms with van der Waals surface area (Å²) in [5, 5.41) is 5.68. The van der Waals surface area contributed by atoms with Crippen molar-refractivity contribution in [2.45, 2.75) is 63.5 Å². The van der Waals surface area contributed by atoms with E-state index in [0.29, 0.717) is 13.0 Å². The third kappa shape index (κ3) is 4.84. The minimum absolute atomic E-state index is 0.0168. The van der Waals surface area contributed by atoms with Gasteiger partial charge in [0.25, 0.3) is 5.91 Å². The number of nitrogens with one attached hydrogen (secondary N) is 2. The van der Waals surface area contributed by atoms with E-state index in [0.717, 1.165) is 31.2 Å². The number of amides is 4. The van der Waals surface area contributed by atoms with Crippen LogP contribution in [0.4, 0.5) is 4.79 Å². The summed E-state index contributed by atoms with van der Waals surface area (Å²) in [6.07, 6.45) is 7.35. The summed E-state index contributed by atoms with van der Waals surface area (Å²) in [7, 11) is 0. The monoisotopic (exact) mass is 357 g/mol. The van der Waals surface area contributed by atoms with Crippen LogP contribution in [0.2, 0.25) is 0 Å². The summed E-state index contributed by atoms with van der Waals surface area (Å²) in [6, 6.07) is 8.78. The molecule has 26 heavy (non-hydrogen) atoms. The first kappa shape index (κ1) is 18.4. The van der Waals surface area contributed by atoms with E-state index in [1.54, 1.807) is 0 Å². The van der Waals surface area contributed by atoms with Crippen LogP contribution in [0.1, 0.15) is 50.5 Å². The summed E-state index contributed by atoms with van der Waals surface area (Å²) >= 11 is 0. The van der Waals surface area contributed by atoms with Crippen LogP contribution in [-0.2, 0) is 16.0 Å². The Morgan fingerprint density at radius 1 is 1.08 bits per heavy atom. The lowest BCUT2D eigenvalue weighted by Crippen LogP contribution is -2.40. The second kappa shape index (κ2) is 8.83. The molecular weight excluding hydrogens is 330 g/mol. The molecule has 3 rings (SSSR count). The Morgan fingerprint density at radius 3 is 2.46 bits per heavy atom. The van der Waals surface area contributed by atoms with Gasteiger partial charge in [0.1, 0.15) is 6.04 Å². The summed E-state index contributed by atoms with van der Waals surface area (Å²) in [5.74, 6) is -0.456. The second-order valence-electron chi connectivity index (χ2n) is 7.19. The predicted molar refractivity (Wildman–Crippen MR) is 98.4 cm³/mol. The van der Waals surface area contributed by atoms with Gasteiger partial charge in [0.2, 0.25) is 5.91 Å². The normalized spacial score (nSPS) is 21.4. The van der Waals surface area contributed by atoms with Gasteiger partial charge in [-0.1, -0.05) is 56.0 Å². The number of nitrogens with zero attached hydrogens (tertiary/aromatic N) is 1. The first-order valence-corrected chi connectivity index (χ1v) is 9.58. The van der Waals surface area contributed by atoms with Crippen molar-refractivity contribution < 1.29 is 14.4 Å². The third-order valence-corrected chi connectivity index (χ3v) is 5.18. The molecule has 1 saturated heterocycles. The number of rotatable bonds is 6. The SMILES string of the molecule is O=C(C[C@@H]1NC(=O)N(CCc2ccccc2)C1=O)NC1CCCCCC1. The molecule has 0 radical (unpaired) electrons. The minimum Gasteiger partial charge on any atom is -0.353 e. The van der Waals surface area contributed by atoms with Crippen molar-refractivity contribution in [2.24, 2.45) is 0 Å². The maximum atomic E-state index is 12.5. The zero-order valence-corrected chi connectivity index (χ0v) is 15.1. The van der Waals surface area contributed by atoms with Crippen LogP contribution in [0.25, 0.3) is 0 Å². The number of hydrogen-bond acceptors (Lipinski definition) is 3. The number of carbonyl (C=O) groups is 3. The molecule has 1 atom stereocenters. The number of benzene rings is 1. The van der Waals surface area contributed by atoms with Gasteiger partial charge in [0.15, 0.2) is 0 Å². The van der Waals surface area contributed by atoms with Gasteiger partial charge in [-0.15, -0.1) is 0 Å². The number of imide groups is 1. The van der Waals surface area contributed by atoms with E-state index in [4.69, 9.17) is 0 Å². The Balaban J connectivity index is 1.49. The van der Waals surface area contributed by atoms with Crippen molar-refractivity contribution in [1.29, 1.82) is 0 Å². The van der Waals surface area contributed by atoms with Gasteiger partial charge in [0.05, 0.1) is 6.42 Å². The van der Waals surface area contributed by atoms with E-state index < -0.39 is 12.1 Å². The van der Waals surface area contributed by atoms with Gasteiger partial charge in [-0.2, -0.15) is 0 Å². The van der Waals surface area contributed by atoms with Crippen molar-refractivity contribution in [3.05, 3.63) is 35.9 Å². The molecule has 1 aromatic carbocycles. The molecule has 2 N–H and O–H groups in total. The molecule has 2 fully saturated rings. The molecule has 0 unspecified atom stereocenters. The highest BCUT2D eigenvalue weighted by atomic mass is 16.2. The molecule has 0 aromatic heterocycles. The Hall–Kier alpha value is -2.37. The molecule has 1 aromatic rings. The van der Waals surface area contributed by atoms with Crippen molar-refractivity contribution in [1.82, 2.24) is 15.5 Å². The van der Waals surface area contributed by atoms with Crippen LogP contribution in [0.5, 0.6) is 0 Å². The molecule has 4 amide bonds. The highest BCUT2D eigenvalue weighted by molar-refractivity contribution is 6.05. The summed E-state index contributed by atoms with van der Waals surface area (Å²) in [4.78, 5) is 38.1. The van der Waals surface area contributed by atoms with Gasteiger partial charge in [0, 0.05) is 12.6 Å². The highest BCUT2D eigenvalue weighted by Crippen LogP contribution is 2.18. The highest BCUT2D eigenvalue weighted by Gasteiger charge is 2.38. The average Bonchev–Trinajstić information content (AvgIpc) is 2.81. The molecule has 0 bridgehead atoms. The largest absolute Gasteiger partial charge is 0.353 e. The van der Waals surface area contributed by atoms with Crippen molar-refractivity contribution in [3.8, 4) is 0 Å². The van der Waals surface area contributed by atoms with Crippen molar-refractivity contribution in [2.75, 3.05) is 6.54 Å². The lowest BCUT2D eigenvalue weighted by atomic mass is 10.1. The smallest absolute Gasteiger partial charge is 0.324 e. The van der Waals surface area contributed by atoms with Gasteiger partial charge < -0.3 is 10.6 Å². The third-order valence-electron chi connectivity index (χ3n) is 5.18. The lowest BCUT2D eigenvalue weighted by molar-refractivity contribution is -0.131. The zero-order chi connectivity index (χ0) is 18.4. The predicted octanol–water partition coefficient (Wildman–Crippen LogP) is 2.38. The van der Waals surface area contributed by atoms with E-state index in [1.807, 2.05) is 30.3 Å². The zero-order valence-electron chi connectivity index (χ0n) is 15.1. The fourth-order valence-electron chi connectivity index (χ4n) is 3.71. The van der Waals surface area contributed by atoms with Crippen LogP contribution >= 0.6 is 0 Å². The minimum atomic E-state index is -0.746. The molecule has 1 saturated carbocycles. The standard InChI is InChI=1S/C20H27N3O3/c24-18(21-16-10-6-1-2-7-11-16)14-17-19(25)23(20(26)22-17)13-12-15-8-4-3-5-9-15/h3-5,8-9,16-17H,1-2,6-7,10-14H2,(H,21,24)(H,22,26)/t17-/m0/s1. The topological polar surface area (TPSA) is 78.5 Å². The Kier molecular flexibility index (Phi) is 6.26. The Bertz CT molecular complexity index is 639. The maximum absolute atomic E-state index is 12.5. The molecular formula is C20H27N3O3. The van der Waals surface area contributed by atoms with Crippen LogP contribution in [0.3, 0.4) is 0 Å². The van der Waals surface area contributed by atoms with Crippen molar-refractivity contribution >= 4 is 17.8 Å². The van der Waals surface area contributed by atoms with Crippen LogP contribution in [0, 0.1) is 0 Å². The molecule has 140 valence electrons. The summed E-state index contributed by atoms with van der Waals surface area (Å²) in [5.41, 5.74) is 1.07. The van der Waals surface area contributed by atoms with E-state index >= 15 is 0 Å². The molecule has 1 aliphatic carbocycles. The number of carbonyl (C=O) groups excluding carboxylic acids is 3. The molecule has 6 nitrogen and oxygen atoms in total. The Morgan fingerprint density at radius 2 is 1.77 bits per heavy atom. The first-order chi connectivity index (χ1) is 12.6. The van der Waals surface area contributed by atoms with Crippen LogP contribution in [0.15, 0.2) is 30.3 Å². The average molecular weight is 357 g/mol. The quantitative estimate of drug-likeness (QED) is 0.606. The fraction of sp³-hybridized carbons (Fsp3) is 0.550. The summed E-state index contributed by atoms with van der Waals surface area (Å²) < 4.78 is 0. The molecule has 0 spiro atoms. The first-order valence-electron chi connectivity index (χ1n) is 9.58. The lowest BCUT2D eigenvalue weighted by Gasteiger charge is -2.17.